The molecule has 0 aromatic heterocycles. The van der Waals surface area contributed by atoms with Gasteiger partial charge in [-0.2, -0.15) is 0 Å². The number of nitrogen functional groups attached to an aromatic ring is 1. The zero-order valence-electron chi connectivity index (χ0n) is 13.0. The Balaban J connectivity index is 2.34. The third kappa shape index (κ3) is 4.09. The number of hydrogen-bond acceptors (Lipinski definition) is 5. The summed E-state index contributed by atoms with van der Waals surface area (Å²) in [5, 5.41) is 2.67. The smallest absolute Gasteiger partial charge is 0.262 e. The topological polar surface area (TPSA) is 111 Å². The molecule has 0 saturated heterocycles. The van der Waals surface area contributed by atoms with Gasteiger partial charge >= 0.3 is 0 Å². The molecule has 0 bridgehead atoms. The first-order chi connectivity index (χ1) is 11.2. The molecule has 0 saturated carbocycles. The highest BCUT2D eigenvalue weighted by Crippen LogP contribution is 2.36. The van der Waals surface area contributed by atoms with Gasteiger partial charge in [-0.1, -0.05) is 11.6 Å². The molecule has 1 amide bonds. The van der Waals surface area contributed by atoms with Gasteiger partial charge in [0.05, 0.1) is 17.0 Å². The van der Waals surface area contributed by atoms with E-state index in [-0.39, 0.29) is 27.3 Å². The quantitative estimate of drug-likeness (QED) is 0.702. The Morgan fingerprint density at radius 3 is 2.38 bits per heavy atom. The molecule has 128 valence electrons. The highest BCUT2D eigenvalue weighted by atomic mass is 35.5. The van der Waals surface area contributed by atoms with Crippen LogP contribution in [-0.2, 0) is 14.8 Å². The number of benzene rings is 2. The molecule has 0 atom stereocenters. The molecule has 0 aliphatic heterocycles. The van der Waals surface area contributed by atoms with Crippen molar-refractivity contribution in [3.8, 4) is 5.75 Å². The van der Waals surface area contributed by atoms with E-state index in [1.807, 2.05) is 0 Å². The molecule has 4 N–H and O–H groups in total. The van der Waals surface area contributed by atoms with Gasteiger partial charge in [-0.3, -0.25) is 9.52 Å². The zero-order valence-corrected chi connectivity index (χ0v) is 14.5. The Labute approximate surface area is 144 Å². The Hall–Kier alpha value is -2.45. The number of sulfonamides is 1. The summed E-state index contributed by atoms with van der Waals surface area (Å²) in [6.45, 7) is 1.36. The average molecular weight is 370 g/mol. The molecule has 0 radical (unpaired) electrons. The van der Waals surface area contributed by atoms with Gasteiger partial charge in [-0.15, -0.1) is 0 Å². The molecule has 2 rings (SSSR count). The fourth-order valence-electron chi connectivity index (χ4n) is 1.98. The molecule has 0 heterocycles. The number of hydrogen-bond donors (Lipinski definition) is 3. The lowest BCUT2D eigenvalue weighted by Gasteiger charge is -2.14. The van der Waals surface area contributed by atoms with Crippen LogP contribution in [0, 0.1) is 0 Å². The maximum atomic E-state index is 12.5. The maximum absolute atomic E-state index is 12.5. The highest BCUT2D eigenvalue weighted by molar-refractivity contribution is 7.92. The van der Waals surface area contributed by atoms with Gasteiger partial charge in [0, 0.05) is 24.4 Å². The molecule has 9 heteroatoms. The van der Waals surface area contributed by atoms with E-state index < -0.39 is 10.0 Å². The average Bonchev–Trinajstić information content (AvgIpc) is 2.49. The van der Waals surface area contributed by atoms with E-state index in [4.69, 9.17) is 22.1 Å². The number of rotatable bonds is 5. The molecular formula is C15H16ClN3O4S. The fourth-order valence-corrected chi connectivity index (χ4v) is 3.39. The predicted molar refractivity (Wildman–Crippen MR) is 94.0 cm³/mol. The largest absolute Gasteiger partial charge is 0.494 e. The van der Waals surface area contributed by atoms with Crippen LogP contribution in [0.2, 0.25) is 5.02 Å². The second-order valence-corrected chi connectivity index (χ2v) is 6.98. The number of halogens is 1. The number of nitrogens with one attached hydrogen (secondary N) is 2. The van der Waals surface area contributed by atoms with Gasteiger partial charge in [0.15, 0.2) is 0 Å². The minimum absolute atomic E-state index is 0.00606. The van der Waals surface area contributed by atoms with Crippen LogP contribution in [0.4, 0.5) is 17.1 Å². The maximum Gasteiger partial charge on any atom is 0.262 e. The lowest BCUT2D eigenvalue weighted by Crippen LogP contribution is -2.14. The molecule has 0 fully saturated rings. The molecule has 24 heavy (non-hydrogen) atoms. The van der Waals surface area contributed by atoms with Gasteiger partial charge in [-0.05, 0) is 30.3 Å². The zero-order chi connectivity index (χ0) is 17.9. The van der Waals surface area contributed by atoms with Crippen LogP contribution in [0.3, 0.4) is 0 Å². The number of ether oxygens (including phenoxy) is 1. The minimum atomic E-state index is -3.89. The second kappa shape index (κ2) is 6.98. The Morgan fingerprint density at radius 1 is 1.21 bits per heavy atom. The SMILES string of the molecule is COc1cc(N)cc(Cl)c1NS(=O)(=O)c1ccc(NC(C)=O)cc1. The van der Waals surface area contributed by atoms with Crippen molar-refractivity contribution in [1.82, 2.24) is 0 Å². The summed E-state index contributed by atoms with van der Waals surface area (Å²) in [6, 6.07) is 8.58. The van der Waals surface area contributed by atoms with Gasteiger partial charge in [0.1, 0.15) is 11.4 Å². The van der Waals surface area contributed by atoms with E-state index >= 15 is 0 Å². The van der Waals surface area contributed by atoms with Crippen molar-refractivity contribution in [1.29, 1.82) is 0 Å². The molecule has 0 aliphatic rings. The number of anilines is 3. The van der Waals surface area contributed by atoms with Crippen molar-refractivity contribution in [2.75, 3.05) is 22.9 Å². The molecule has 2 aromatic carbocycles. The number of carbonyl (C=O) groups excluding carboxylic acids is 1. The van der Waals surface area contributed by atoms with Gasteiger partial charge in [0.2, 0.25) is 5.91 Å². The number of amides is 1. The van der Waals surface area contributed by atoms with Crippen LogP contribution < -0.4 is 20.5 Å². The van der Waals surface area contributed by atoms with E-state index in [0.29, 0.717) is 11.4 Å². The van der Waals surface area contributed by atoms with Gasteiger partial charge in [-0.25, -0.2) is 8.42 Å². The summed E-state index contributed by atoms with van der Waals surface area (Å²) >= 11 is 6.06. The van der Waals surface area contributed by atoms with E-state index in [9.17, 15) is 13.2 Å². The number of methoxy groups -OCH3 is 1. The standard InChI is InChI=1S/C15H16ClN3O4S/c1-9(20)18-11-3-5-12(6-4-11)24(21,22)19-15-13(16)7-10(17)8-14(15)23-2/h3-8,19H,17H2,1-2H3,(H,18,20). The summed E-state index contributed by atoms with van der Waals surface area (Å²) in [7, 11) is -2.51. The van der Waals surface area contributed by atoms with Crippen molar-refractivity contribution >= 4 is 44.6 Å². The van der Waals surface area contributed by atoms with Gasteiger partial charge in [0.25, 0.3) is 10.0 Å². The van der Waals surface area contributed by atoms with Crippen LogP contribution in [0.1, 0.15) is 6.92 Å². The minimum Gasteiger partial charge on any atom is -0.494 e. The summed E-state index contributed by atoms with van der Waals surface area (Å²) in [5.41, 5.74) is 6.59. The molecule has 0 aliphatic carbocycles. The Bertz CT molecular complexity index is 867. The van der Waals surface area contributed by atoms with E-state index in [1.165, 1.54) is 50.4 Å². The van der Waals surface area contributed by atoms with Crippen molar-refractivity contribution < 1.29 is 17.9 Å². The van der Waals surface area contributed by atoms with Crippen LogP contribution in [-0.4, -0.2) is 21.4 Å². The second-order valence-electron chi connectivity index (χ2n) is 4.89. The highest BCUT2D eigenvalue weighted by Gasteiger charge is 2.19. The monoisotopic (exact) mass is 369 g/mol. The van der Waals surface area contributed by atoms with Crippen LogP contribution in [0.5, 0.6) is 5.75 Å². The summed E-state index contributed by atoms with van der Waals surface area (Å²) < 4.78 is 32.5. The number of carbonyl (C=O) groups is 1. The molecule has 2 aromatic rings. The fraction of sp³-hybridized carbons (Fsp3) is 0.133. The van der Waals surface area contributed by atoms with Crippen LogP contribution in [0.15, 0.2) is 41.3 Å². The molecular weight excluding hydrogens is 354 g/mol. The molecule has 0 unspecified atom stereocenters. The lowest BCUT2D eigenvalue weighted by atomic mass is 10.2. The Kier molecular flexibility index (Phi) is 5.20. The number of nitrogens with two attached hydrogens (primary N) is 1. The summed E-state index contributed by atoms with van der Waals surface area (Å²) in [4.78, 5) is 11.0. The van der Waals surface area contributed by atoms with Crippen molar-refractivity contribution in [2.24, 2.45) is 0 Å². The van der Waals surface area contributed by atoms with E-state index in [0.717, 1.165) is 0 Å². The third-order valence-electron chi connectivity index (χ3n) is 3.02. The first kappa shape index (κ1) is 17.9. The normalized spacial score (nSPS) is 11.0. The summed E-state index contributed by atoms with van der Waals surface area (Å²) in [5.74, 6) is -0.0411. The predicted octanol–water partition coefficient (Wildman–Crippen LogP) is 2.69. The Morgan fingerprint density at radius 2 is 1.83 bits per heavy atom. The lowest BCUT2D eigenvalue weighted by molar-refractivity contribution is -0.114. The van der Waals surface area contributed by atoms with Crippen molar-refractivity contribution in [3.63, 3.8) is 0 Å². The van der Waals surface area contributed by atoms with Crippen molar-refractivity contribution in [2.45, 2.75) is 11.8 Å². The van der Waals surface area contributed by atoms with E-state index in [1.54, 1.807) is 0 Å². The first-order valence-electron chi connectivity index (χ1n) is 6.76. The first-order valence-corrected chi connectivity index (χ1v) is 8.62. The van der Waals surface area contributed by atoms with Gasteiger partial charge < -0.3 is 15.8 Å². The van der Waals surface area contributed by atoms with Crippen LogP contribution in [0.25, 0.3) is 0 Å². The summed E-state index contributed by atoms with van der Waals surface area (Å²) in [6.07, 6.45) is 0. The molecule has 0 spiro atoms. The third-order valence-corrected chi connectivity index (χ3v) is 4.68. The molecule has 7 nitrogen and oxygen atoms in total. The van der Waals surface area contributed by atoms with E-state index in [2.05, 4.69) is 10.0 Å². The van der Waals surface area contributed by atoms with Crippen molar-refractivity contribution in [3.05, 3.63) is 41.4 Å². The van der Waals surface area contributed by atoms with Crippen LogP contribution >= 0.6 is 11.6 Å².